The number of aromatic nitrogens is 2. The van der Waals surface area contributed by atoms with Gasteiger partial charge in [0.2, 0.25) is 11.6 Å². The van der Waals surface area contributed by atoms with E-state index in [2.05, 4.69) is 15.3 Å². The van der Waals surface area contributed by atoms with Crippen molar-refractivity contribution in [1.29, 1.82) is 0 Å². The number of benzene rings is 1. The molecule has 2 aromatic heterocycles. The summed E-state index contributed by atoms with van der Waals surface area (Å²) < 4.78 is 16.5. The molecule has 7 heteroatoms. The summed E-state index contributed by atoms with van der Waals surface area (Å²) in [5.41, 5.74) is 2.35. The molecule has 1 amide bonds. The molecule has 7 nitrogen and oxygen atoms in total. The normalized spacial score (nSPS) is 10.7. The molecule has 0 atom stereocenters. The molecule has 3 aromatic rings. The summed E-state index contributed by atoms with van der Waals surface area (Å²) >= 11 is 0. The SMILES string of the molecule is CCOc1ccc(CNC(=O)COc2ncnc3oc(C)c(C)c23)cc1. The number of hydrogen-bond acceptors (Lipinski definition) is 6. The monoisotopic (exact) mass is 355 g/mol. The van der Waals surface area contributed by atoms with E-state index in [0.717, 1.165) is 22.6 Å². The number of amides is 1. The molecule has 26 heavy (non-hydrogen) atoms. The van der Waals surface area contributed by atoms with Gasteiger partial charge in [-0.05, 0) is 38.5 Å². The molecular weight excluding hydrogens is 334 g/mol. The number of carbonyl (C=O) groups excluding carboxylic acids is 1. The highest BCUT2D eigenvalue weighted by Crippen LogP contribution is 2.29. The van der Waals surface area contributed by atoms with E-state index in [-0.39, 0.29) is 12.5 Å². The van der Waals surface area contributed by atoms with Crippen molar-refractivity contribution >= 4 is 17.0 Å². The van der Waals surface area contributed by atoms with Crippen molar-refractivity contribution in [3.8, 4) is 11.6 Å². The number of nitrogens with one attached hydrogen (secondary N) is 1. The van der Waals surface area contributed by atoms with E-state index in [9.17, 15) is 4.79 Å². The van der Waals surface area contributed by atoms with Crippen molar-refractivity contribution in [2.45, 2.75) is 27.3 Å². The number of fused-ring (bicyclic) bond motifs is 1. The number of rotatable bonds is 7. The van der Waals surface area contributed by atoms with Crippen LogP contribution in [0.15, 0.2) is 35.0 Å². The third-order valence-electron chi connectivity index (χ3n) is 3.99. The van der Waals surface area contributed by atoms with E-state index >= 15 is 0 Å². The van der Waals surface area contributed by atoms with E-state index in [0.29, 0.717) is 30.1 Å². The zero-order valence-corrected chi connectivity index (χ0v) is 15.0. The fraction of sp³-hybridized carbons (Fsp3) is 0.316. The Morgan fingerprint density at radius 3 is 2.65 bits per heavy atom. The number of furan rings is 1. The first-order valence-electron chi connectivity index (χ1n) is 8.40. The Labute approximate surface area is 151 Å². The highest BCUT2D eigenvalue weighted by molar-refractivity contribution is 5.84. The van der Waals surface area contributed by atoms with Gasteiger partial charge in [0.15, 0.2) is 6.61 Å². The third kappa shape index (κ3) is 3.93. The topological polar surface area (TPSA) is 86.5 Å². The zero-order chi connectivity index (χ0) is 18.5. The molecule has 1 aromatic carbocycles. The Hall–Kier alpha value is -3.09. The van der Waals surface area contributed by atoms with Crippen LogP contribution in [-0.2, 0) is 11.3 Å². The summed E-state index contributed by atoms with van der Waals surface area (Å²) in [5.74, 6) is 1.68. The maximum Gasteiger partial charge on any atom is 0.258 e. The second-order valence-electron chi connectivity index (χ2n) is 5.78. The van der Waals surface area contributed by atoms with Crippen LogP contribution in [0, 0.1) is 13.8 Å². The smallest absolute Gasteiger partial charge is 0.258 e. The average Bonchev–Trinajstić information content (AvgIpc) is 2.94. The van der Waals surface area contributed by atoms with Crippen LogP contribution in [0.5, 0.6) is 11.6 Å². The minimum absolute atomic E-state index is 0.132. The predicted octanol–water partition coefficient (Wildman–Crippen LogP) is 2.93. The molecule has 0 bridgehead atoms. The summed E-state index contributed by atoms with van der Waals surface area (Å²) in [7, 11) is 0. The van der Waals surface area contributed by atoms with Gasteiger partial charge in [0.05, 0.1) is 6.61 Å². The van der Waals surface area contributed by atoms with Gasteiger partial charge in [-0.2, -0.15) is 0 Å². The number of carbonyl (C=O) groups is 1. The lowest BCUT2D eigenvalue weighted by molar-refractivity contribution is -0.123. The zero-order valence-electron chi connectivity index (χ0n) is 15.0. The van der Waals surface area contributed by atoms with Crippen molar-refractivity contribution in [2.24, 2.45) is 0 Å². The van der Waals surface area contributed by atoms with Crippen LogP contribution in [0.3, 0.4) is 0 Å². The summed E-state index contributed by atoms with van der Waals surface area (Å²) in [6, 6.07) is 7.58. The molecule has 0 radical (unpaired) electrons. The van der Waals surface area contributed by atoms with E-state index < -0.39 is 0 Å². The summed E-state index contributed by atoms with van der Waals surface area (Å²) in [6.45, 7) is 6.60. The van der Waals surface area contributed by atoms with Crippen molar-refractivity contribution in [1.82, 2.24) is 15.3 Å². The van der Waals surface area contributed by atoms with Crippen LogP contribution in [-0.4, -0.2) is 29.1 Å². The Kier molecular flexibility index (Phi) is 5.36. The Bertz CT molecular complexity index is 903. The fourth-order valence-electron chi connectivity index (χ4n) is 2.52. The van der Waals surface area contributed by atoms with E-state index in [4.69, 9.17) is 13.9 Å². The molecule has 3 rings (SSSR count). The Morgan fingerprint density at radius 1 is 1.15 bits per heavy atom. The molecule has 0 saturated carbocycles. The number of ether oxygens (including phenoxy) is 2. The van der Waals surface area contributed by atoms with Gasteiger partial charge in [-0.25, -0.2) is 9.97 Å². The van der Waals surface area contributed by atoms with Gasteiger partial charge in [-0.3, -0.25) is 4.79 Å². The standard InChI is InChI=1S/C19H21N3O4/c1-4-24-15-7-5-14(6-8-15)9-20-16(23)10-25-18-17-12(2)13(3)26-19(17)22-11-21-18/h5-8,11H,4,9-10H2,1-3H3,(H,20,23). The van der Waals surface area contributed by atoms with Gasteiger partial charge < -0.3 is 19.2 Å². The minimum Gasteiger partial charge on any atom is -0.494 e. The maximum atomic E-state index is 12.1. The second kappa shape index (κ2) is 7.86. The van der Waals surface area contributed by atoms with Gasteiger partial charge in [0, 0.05) is 12.1 Å². The van der Waals surface area contributed by atoms with E-state index in [1.54, 1.807) is 0 Å². The maximum absolute atomic E-state index is 12.1. The van der Waals surface area contributed by atoms with Crippen molar-refractivity contribution in [3.05, 3.63) is 47.5 Å². The lowest BCUT2D eigenvalue weighted by Crippen LogP contribution is -2.28. The molecule has 0 aliphatic rings. The molecule has 136 valence electrons. The Morgan fingerprint density at radius 2 is 1.92 bits per heavy atom. The summed E-state index contributed by atoms with van der Waals surface area (Å²) in [5, 5.41) is 3.52. The van der Waals surface area contributed by atoms with E-state index in [1.165, 1.54) is 6.33 Å². The minimum atomic E-state index is -0.233. The van der Waals surface area contributed by atoms with Gasteiger partial charge in [-0.15, -0.1) is 0 Å². The largest absolute Gasteiger partial charge is 0.494 e. The van der Waals surface area contributed by atoms with Gasteiger partial charge in [0.1, 0.15) is 23.2 Å². The second-order valence-corrected chi connectivity index (χ2v) is 5.78. The highest BCUT2D eigenvalue weighted by atomic mass is 16.5. The van der Waals surface area contributed by atoms with Crippen LogP contribution < -0.4 is 14.8 Å². The quantitative estimate of drug-likeness (QED) is 0.701. The van der Waals surface area contributed by atoms with Crippen LogP contribution in [0.25, 0.3) is 11.1 Å². The first-order chi connectivity index (χ1) is 12.6. The van der Waals surface area contributed by atoms with E-state index in [1.807, 2.05) is 45.0 Å². The van der Waals surface area contributed by atoms with Crippen LogP contribution in [0.1, 0.15) is 23.8 Å². The predicted molar refractivity (Wildman–Crippen MR) is 96.2 cm³/mol. The molecular formula is C19H21N3O4. The van der Waals surface area contributed by atoms with Crippen molar-refractivity contribution in [3.63, 3.8) is 0 Å². The van der Waals surface area contributed by atoms with Crippen LogP contribution >= 0.6 is 0 Å². The van der Waals surface area contributed by atoms with Crippen molar-refractivity contribution < 1.29 is 18.7 Å². The molecule has 1 N–H and O–H groups in total. The number of nitrogens with zero attached hydrogens (tertiary/aromatic N) is 2. The molecule has 2 heterocycles. The third-order valence-corrected chi connectivity index (χ3v) is 3.99. The molecule has 0 fully saturated rings. The molecule has 0 saturated heterocycles. The lowest BCUT2D eigenvalue weighted by atomic mass is 10.2. The molecule has 0 aliphatic heterocycles. The van der Waals surface area contributed by atoms with Crippen molar-refractivity contribution in [2.75, 3.05) is 13.2 Å². The molecule has 0 unspecified atom stereocenters. The van der Waals surface area contributed by atoms with Gasteiger partial charge in [-0.1, -0.05) is 12.1 Å². The molecule has 0 aliphatic carbocycles. The number of hydrogen-bond donors (Lipinski definition) is 1. The number of aryl methyl sites for hydroxylation is 2. The Balaban J connectivity index is 1.56. The fourth-order valence-corrected chi connectivity index (χ4v) is 2.52. The summed E-state index contributed by atoms with van der Waals surface area (Å²) in [4.78, 5) is 20.2. The van der Waals surface area contributed by atoms with Gasteiger partial charge >= 0.3 is 0 Å². The van der Waals surface area contributed by atoms with Gasteiger partial charge in [0.25, 0.3) is 5.91 Å². The molecule has 0 spiro atoms. The van der Waals surface area contributed by atoms with Crippen LogP contribution in [0.2, 0.25) is 0 Å². The first kappa shape index (κ1) is 17.7. The lowest BCUT2D eigenvalue weighted by Gasteiger charge is -2.08. The highest BCUT2D eigenvalue weighted by Gasteiger charge is 2.15. The van der Waals surface area contributed by atoms with Crippen LogP contribution in [0.4, 0.5) is 0 Å². The first-order valence-corrected chi connectivity index (χ1v) is 8.40. The summed E-state index contributed by atoms with van der Waals surface area (Å²) in [6.07, 6.45) is 1.36. The average molecular weight is 355 g/mol.